The van der Waals surface area contributed by atoms with Gasteiger partial charge in [0, 0.05) is 0 Å². The van der Waals surface area contributed by atoms with Gasteiger partial charge in [0.25, 0.3) is 11.8 Å². The van der Waals surface area contributed by atoms with E-state index in [2.05, 4.69) is 10.2 Å². The molecule has 0 radical (unpaired) electrons. The van der Waals surface area contributed by atoms with Crippen molar-refractivity contribution in [2.24, 2.45) is 0 Å². The average molecular weight is 370 g/mol. The van der Waals surface area contributed by atoms with Crippen molar-refractivity contribution >= 4 is 5.97 Å². The van der Waals surface area contributed by atoms with Gasteiger partial charge in [-0.25, -0.2) is 4.79 Å². The van der Waals surface area contributed by atoms with Crippen molar-refractivity contribution in [2.75, 3.05) is 6.61 Å². The third-order valence-electron chi connectivity index (χ3n) is 3.39. The van der Waals surface area contributed by atoms with Gasteiger partial charge in [-0.15, -0.1) is 10.2 Å². The molecule has 0 bridgehead atoms. The largest absolute Gasteiger partial charge is 0.483 e. The highest BCUT2D eigenvalue weighted by Gasteiger charge is 2.36. The summed E-state index contributed by atoms with van der Waals surface area (Å²) >= 11 is 0. The molecule has 0 saturated carbocycles. The van der Waals surface area contributed by atoms with Gasteiger partial charge in [-0.2, -0.15) is 13.2 Å². The fraction of sp³-hybridized carbons (Fsp3) is 0.312. The fourth-order valence-corrected chi connectivity index (χ4v) is 2.24. The lowest BCUT2D eigenvalue weighted by Gasteiger charge is -2.31. The normalized spacial score (nSPS) is 15.4. The molecule has 26 heavy (non-hydrogen) atoms. The highest BCUT2D eigenvalue weighted by atomic mass is 19.4. The summed E-state index contributed by atoms with van der Waals surface area (Å²) in [6, 6.07) is 3.96. The third-order valence-corrected chi connectivity index (χ3v) is 3.39. The molecule has 10 heteroatoms. The number of carboxylic acids is 1. The Balaban J connectivity index is 2.00. The van der Waals surface area contributed by atoms with E-state index in [-0.39, 0.29) is 24.0 Å². The van der Waals surface area contributed by atoms with Crippen LogP contribution in [0.5, 0.6) is 23.3 Å². The number of hydrogen-bond acceptors (Lipinski definition) is 6. The van der Waals surface area contributed by atoms with Gasteiger partial charge in [0.2, 0.25) is 5.75 Å². The molecule has 3 rings (SSSR count). The maximum absolute atomic E-state index is 12.8. The number of nitrogens with zero attached hydrogens (tertiary/aromatic N) is 2. The smallest absolute Gasteiger partial charge is 0.416 e. The Morgan fingerprint density at radius 2 is 2.04 bits per heavy atom. The fourth-order valence-electron chi connectivity index (χ4n) is 2.24. The summed E-state index contributed by atoms with van der Waals surface area (Å²) in [6.45, 7) is 3.48. The summed E-state index contributed by atoms with van der Waals surface area (Å²) in [7, 11) is 0. The number of aromatic carboxylic acids is 1. The van der Waals surface area contributed by atoms with E-state index in [0.717, 1.165) is 18.2 Å². The number of carbonyl (C=O) groups is 1. The van der Waals surface area contributed by atoms with E-state index in [0.29, 0.717) is 0 Å². The lowest BCUT2D eigenvalue weighted by Crippen LogP contribution is -2.39. The highest BCUT2D eigenvalue weighted by molar-refractivity contribution is 5.94. The molecule has 0 unspecified atom stereocenters. The Kier molecular flexibility index (Phi) is 4.13. The molecule has 1 aliphatic heterocycles. The van der Waals surface area contributed by atoms with Crippen LogP contribution >= 0.6 is 0 Å². The molecule has 2 heterocycles. The molecular weight excluding hydrogens is 357 g/mol. The highest BCUT2D eigenvalue weighted by Crippen LogP contribution is 2.40. The zero-order valence-corrected chi connectivity index (χ0v) is 13.6. The summed E-state index contributed by atoms with van der Waals surface area (Å²) in [4.78, 5) is 11.6. The molecule has 1 aliphatic rings. The van der Waals surface area contributed by atoms with Crippen molar-refractivity contribution in [3.05, 3.63) is 35.4 Å². The predicted molar refractivity (Wildman–Crippen MR) is 80.7 cm³/mol. The van der Waals surface area contributed by atoms with Gasteiger partial charge in [0.1, 0.15) is 18.0 Å². The zero-order valence-electron chi connectivity index (χ0n) is 13.6. The van der Waals surface area contributed by atoms with Crippen molar-refractivity contribution < 1.29 is 37.3 Å². The van der Waals surface area contributed by atoms with Gasteiger partial charge in [0.05, 0.1) is 5.56 Å². The minimum absolute atomic E-state index is 0.0506. The Hall–Kier alpha value is -3.04. The van der Waals surface area contributed by atoms with Crippen LogP contribution in [-0.4, -0.2) is 33.5 Å². The molecule has 0 aliphatic carbocycles. The first-order valence-electron chi connectivity index (χ1n) is 7.38. The quantitative estimate of drug-likeness (QED) is 0.884. The van der Waals surface area contributed by atoms with Crippen LogP contribution in [0.4, 0.5) is 13.2 Å². The molecule has 0 spiro atoms. The minimum atomic E-state index is -4.57. The zero-order chi connectivity index (χ0) is 19.1. The number of fused-ring (bicyclic) bond motifs is 1. The van der Waals surface area contributed by atoms with Crippen molar-refractivity contribution in [2.45, 2.75) is 25.6 Å². The maximum atomic E-state index is 12.8. The van der Waals surface area contributed by atoms with Gasteiger partial charge in [0.15, 0.2) is 5.56 Å². The van der Waals surface area contributed by atoms with Gasteiger partial charge >= 0.3 is 12.1 Å². The Morgan fingerprint density at radius 1 is 1.31 bits per heavy atom. The second-order valence-corrected chi connectivity index (χ2v) is 6.10. The van der Waals surface area contributed by atoms with Crippen LogP contribution in [0.2, 0.25) is 0 Å². The van der Waals surface area contributed by atoms with Gasteiger partial charge in [-0.1, -0.05) is 6.07 Å². The summed E-state index contributed by atoms with van der Waals surface area (Å²) in [6.07, 6.45) is -4.57. The summed E-state index contributed by atoms with van der Waals surface area (Å²) < 4.78 is 54.6. The van der Waals surface area contributed by atoms with E-state index in [9.17, 15) is 23.1 Å². The molecule has 2 aromatic rings. The first-order valence-corrected chi connectivity index (χ1v) is 7.38. The molecule has 1 aromatic heterocycles. The van der Waals surface area contributed by atoms with Crippen molar-refractivity contribution in [3.63, 3.8) is 0 Å². The second-order valence-electron chi connectivity index (χ2n) is 6.10. The van der Waals surface area contributed by atoms with E-state index < -0.39 is 34.8 Å². The number of aromatic nitrogens is 2. The second kappa shape index (κ2) is 6.04. The van der Waals surface area contributed by atoms with E-state index in [4.69, 9.17) is 14.2 Å². The lowest BCUT2D eigenvalue weighted by molar-refractivity contribution is -0.137. The van der Waals surface area contributed by atoms with Crippen molar-refractivity contribution in [3.8, 4) is 23.3 Å². The summed E-state index contributed by atoms with van der Waals surface area (Å²) in [5.74, 6) is -2.50. The van der Waals surface area contributed by atoms with Crippen LogP contribution in [0.1, 0.15) is 29.8 Å². The van der Waals surface area contributed by atoms with Crippen LogP contribution in [0.3, 0.4) is 0 Å². The number of ether oxygens (including phenoxy) is 3. The van der Waals surface area contributed by atoms with Gasteiger partial charge < -0.3 is 19.3 Å². The van der Waals surface area contributed by atoms with Gasteiger partial charge in [-0.3, -0.25) is 0 Å². The maximum Gasteiger partial charge on any atom is 0.416 e. The number of benzene rings is 1. The molecule has 0 amide bonds. The molecule has 138 valence electrons. The molecule has 7 nitrogen and oxygen atoms in total. The average Bonchev–Trinajstić information content (AvgIpc) is 2.53. The molecule has 0 fully saturated rings. The van der Waals surface area contributed by atoms with E-state index >= 15 is 0 Å². The first-order chi connectivity index (χ1) is 12.1. The first kappa shape index (κ1) is 17.8. The lowest BCUT2D eigenvalue weighted by atomic mass is 10.1. The number of halogens is 3. The minimum Gasteiger partial charge on any atom is -0.483 e. The molecule has 1 aromatic carbocycles. The molecular formula is C16H13F3N2O5. The summed E-state index contributed by atoms with van der Waals surface area (Å²) in [5, 5.41) is 16.8. The molecule has 1 N–H and O–H groups in total. The van der Waals surface area contributed by atoms with E-state index in [1.165, 1.54) is 6.07 Å². The summed E-state index contributed by atoms with van der Waals surface area (Å²) in [5.41, 5.74) is -2.16. The Labute approximate surface area is 145 Å². The van der Waals surface area contributed by atoms with E-state index in [1.807, 2.05) is 0 Å². The van der Waals surface area contributed by atoms with Crippen LogP contribution < -0.4 is 14.2 Å². The molecule has 0 saturated heterocycles. The Morgan fingerprint density at radius 3 is 2.69 bits per heavy atom. The van der Waals surface area contributed by atoms with Crippen LogP contribution in [0.15, 0.2) is 24.3 Å². The topological polar surface area (TPSA) is 90.8 Å². The number of alkyl halides is 3. The number of carboxylic acid groups (broad SMARTS) is 1. The number of rotatable bonds is 3. The van der Waals surface area contributed by atoms with Crippen LogP contribution in [-0.2, 0) is 6.18 Å². The SMILES string of the molecule is CC1(C)COc2c(nnc(Oc3cccc(C(F)(F)F)c3)c2C(=O)O)O1. The Bertz CT molecular complexity index is 867. The van der Waals surface area contributed by atoms with Crippen LogP contribution in [0, 0.1) is 0 Å². The standard InChI is InChI=1S/C16H13F3N2O5/c1-15(2)7-24-11-10(14(22)23)12(20-21-13(11)26-15)25-9-5-3-4-8(6-9)16(17,18)19/h3-6H,7H2,1-2H3,(H,22,23). The van der Waals surface area contributed by atoms with E-state index in [1.54, 1.807) is 13.8 Å². The number of hydrogen-bond donors (Lipinski definition) is 1. The monoisotopic (exact) mass is 370 g/mol. The van der Waals surface area contributed by atoms with Crippen molar-refractivity contribution in [1.82, 2.24) is 10.2 Å². The van der Waals surface area contributed by atoms with Crippen molar-refractivity contribution in [1.29, 1.82) is 0 Å². The predicted octanol–water partition coefficient (Wildman–Crippen LogP) is 3.54. The molecule has 0 atom stereocenters. The third kappa shape index (κ3) is 3.48. The van der Waals surface area contributed by atoms with Gasteiger partial charge in [-0.05, 0) is 32.0 Å². The van der Waals surface area contributed by atoms with Crippen LogP contribution in [0.25, 0.3) is 0 Å².